The predicted molar refractivity (Wildman–Crippen MR) is 76.7 cm³/mol. The lowest BCUT2D eigenvalue weighted by molar-refractivity contribution is 0.0385. The highest BCUT2D eigenvalue weighted by molar-refractivity contribution is 5.34. The highest BCUT2D eigenvalue weighted by atomic mass is 16.3. The Kier molecular flexibility index (Phi) is 2.69. The van der Waals surface area contributed by atoms with E-state index in [2.05, 4.69) is 10.00 Å². The first-order chi connectivity index (χ1) is 9.76. The number of rotatable bonds is 3. The molecule has 4 rings (SSSR count). The van der Waals surface area contributed by atoms with Crippen LogP contribution in [0.2, 0.25) is 0 Å². The van der Waals surface area contributed by atoms with E-state index in [0.717, 1.165) is 30.9 Å². The van der Waals surface area contributed by atoms with Crippen LogP contribution in [0.4, 0.5) is 0 Å². The number of benzene rings is 1. The van der Waals surface area contributed by atoms with E-state index >= 15 is 0 Å². The summed E-state index contributed by atoms with van der Waals surface area (Å²) in [7, 11) is 0. The molecule has 0 spiro atoms. The summed E-state index contributed by atoms with van der Waals surface area (Å²) < 4.78 is 1.87. The van der Waals surface area contributed by atoms with Gasteiger partial charge in [0.1, 0.15) is 5.60 Å². The summed E-state index contributed by atoms with van der Waals surface area (Å²) in [5, 5.41) is 15.4. The summed E-state index contributed by atoms with van der Waals surface area (Å²) in [5.41, 5.74) is 1.15. The number of aromatic nitrogens is 2. The topological polar surface area (TPSA) is 41.3 Å². The molecule has 1 aromatic heterocycles. The first kappa shape index (κ1) is 12.1. The van der Waals surface area contributed by atoms with Crippen molar-refractivity contribution in [1.82, 2.24) is 14.7 Å². The molecule has 1 saturated carbocycles. The molecule has 1 aliphatic heterocycles. The Hall–Kier alpha value is -1.65. The van der Waals surface area contributed by atoms with Crippen LogP contribution in [-0.2, 0) is 5.60 Å². The summed E-state index contributed by atoms with van der Waals surface area (Å²) in [6.45, 7) is 1.72. The molecule has 2 fully saturated rings. The summed E-state index contributed by atoms with van der Waals surface area (Å²) >= 11 is 0. The summed E-state index contributed by atoms with van der Waals surface area (Å²) in [6.07, 6.45) is 5.14. The molecule has 1 atom stereocenters. The summed E-state index contributed by atoms with van der Waals surface area (Å²) in [6, 6.07) is 12.7. The van der Waals surface area contributed by atoms with Crippen molar-refractivity contribution in [2.24, 2.45) is 0 Å². The van der Waals surface area contributed by atoms with Gasteiger partial charge in [-0.05, 0) is 37.5 Å². The Labute approximate surface area is 118 Å². The van der Waals surface area contributed by atoms with Crippen LogP contribution in [0.5, 0.6) is 0 Å². The third kappa shape index (κ3) is 1.96. The van der Waals surface area contributed by atoms with E-state index in [1.807, 2.05) is 41.1 Å². The molecule has 0 radical (unpaired) electrons. The molecule has 104 valence electrons. The van der Waals surface area contributed by atoms with Crippen LogP contribution in [0, 0.1) is 0 Å². The monoisotopic (exact) mass is 269 g/mol. The SMILES string of the molecule is OC1(c2ccnn2-c2ccccc2)CCN(C2CC2)C1. The predicted octanol–water partition coefficient (Wildman–Crippen LogP) is 1.93. The normalized spacial score (nSPS) is 27.1. The molecule has 0 amide bonds. The zero-order chi connectivity index (χ0) is 13.6. The van der Waals surface area contributed by atoms with Crippen LogP contribution in [0.1, 0.15) is 25.0 Å². The minimum absolute atomic E-state index is 0.706. The van der Waals surface area contributed by atoms with Crippen molar-refractivity contribution in [2.45, 2.75) is 30.9 Å². The van der Waals surface area contributed by atoms with E-state index in [0.29, 0.717) is 6.04 Å². The lowest BCUT2D eigenvalue weighted by Crippen LogP contribution is -2.33. The molecule has 1 aromatic carbocycles. The van der Waals surface area contributed by atoms with Gasteiger partial charge < -0.3 is 5.11 Å². The van der Waals surface area contributed by atoms with Crippen LogP contribution in [0.15, 0.2) is 42.6 Å². The molecule has 2 heterocycles. The molecular weight excluding hydrogens is 250 g/mol. The molecule has 1 aliphatic carbocycles. The number of nitrogens with zero attached hydrogens (tertiary/aromatic N) is 3. The van der Waals surface area contributed by atoms with Crippen molar-refractivity contribution in [1.29, 1.82) is 0 Å². The average Bonchev–Trinajstić information content (AvgIpc) is 3.06. The molecular formula is C16H19N3O. The first-order valence-corrected chi connectivity index (χ1v) is 7.33. The standard InChI is InChI=1S/C16H19N3O/c20-16(9-11-18(12-16)13-6-7-13)15-8-10-17-19(15)14-4-2-1-3-5-14/h1-5,8,10,13,20H,6-7,9,11-12H2. The van der Waals surface area contributed by atoms with Crippen LogP contribution < -0.4 is 0 Å². The third-order valence-corrected chi connectivity index (χ3v) is 4.46. The average molecular weight is 269 g/mol. The van der Waals surface area contributed by atoms with Gasteiger partial charge in [-0.1, -0.05) is 18.2 Å². The zero-order valence-electron chi connectivity index (χ0n) is 11.4. The quantitative estimate of drug-likeness (QED) is 0.925. The van der Waals surface area contributed by atoms with Gasteiger partial charge in [0.25, 0.3) is 0 Å². The highest BCUT2D eigenvalue weighted by Crippen LogP contribution is 2.38. The van der Waals surface area contributed by atoms with E-state index < -0.39 is 5.60 Å². The Morgan fingerprint density at radius 3 is 2.70 bits per heavy atom. The second kappa shape index (κ2) is 4.43. The van der Waals surface area contributed by atoms with Crippen molar-refractivity contribution in [2.75, 3.05) is 13.1 Å². The van der Waals surface area contributed by atoms with Gasteiger partial charge in [-0.2, -0.15) is 5.10 Å². The summed E-state index contributed by atoms with van der Waals surface area (Å²) in [4.78, 5) is 2.42. The fraction of sp³-hybridized carbons (Fsp3) is 0.438. The van der Waals surface area contributed by atoms with Gasteiger partial charge in [0.15, 0.2) is 0 Å². The van der Waals surface area contributed by atoms with E-state index in [9.17, 15) is 5.11 Å². The van der Waals surface area contributed by atoms with E-state index in [1.54, 1.807) is 6.20 Å². The maximum absolute atomic E-state index is 11.0. The smallest absolute Gasteiger partial charge is 0.120 e. The molecule has 1 unspecified atom stereocenters. The molecule has 4 heteroatoms. The molecule has 1 saturated heterocycles. The maximum Gasteiger partial charge on any atom is 0.120 e. The molecule has 0 bridgehead atoms. The molecule has 1 N–H and O–H groups in total. The highest BCUT2D eigenvalue weighted by Gasteiger charge is 2.44. The van der Waals surface area contributed by atoms with E-state index in [1.165, 1.54) is 12.8 Å². The van der Waals surface area contributed by atoms with Crippen LogP contribution in [0.3, 0.4) is 0 Å². The third-order valence-electron chi connectivity index (χ3n) is 4.46. The molecule has 2 aliphatic rings. The second-order valence-electron chi connectivity index (χ2n) is 5.95. The maximum atomic E-state index is 11.0. The van der Waals surface area contributed by atoms with Gasteiger partial charge in [0, 0.05) is 25.3 Å². The molecule has 2 aromatic rings. The van der Waals surface area contributed by atoms with Gasteiger partial charge in [-0.3, -0.25) is 4.90 Å². The fourth-order valence-corrected chi connectivity index (χ4v) is 3.21. The van der Waals surface area contributed by atoms with Gasteiger partial charge in [-0.15, -0.1) is 0 Å². The Morgan fingerprint density at radius 1 is 1.15 bits per heavy atom. The van der Waals surface area contributed by atoms with Gasteiger partial charge in [-0.25, -0.2) is 4.68 Å². The zero-order valence-corrected chi connectivity index (χ0v) is 11.4. The minimum atomic E-state index is -0.769. The molecule has 4 nitrogen and oxygen atoms in total. The summed E-state index contributed by atoms with van der Waals surface area (Å²) in [5.74, 6) is 0. The van der Waals surface area contributed by atoms with Crippen molar-refractivity contribution >= 4 is 0 Å². The van der Waals surface area contributed by atoms with E-state index in [-0.39, 0.29) is 0 Å². The minimum Gasteiger partial charge on any atom is -0.382 e. The van der Waals surface area contributed by atoms with Crippen LogP contribution >= 0.6 is 0 Å². The number of aliphatic hydroxyl groups is 1. The first-order valence-electron chi connectivity index (χ1n) is 7.33. The number of β-amino-alcohol motifs (C(OH)–C–C–N with tert-alkyl or cyclic N) is 1. The largest absolute Gasteiger partial charge is 0.382 e. The van der Waals surface area contributed by atoms with Gasteiger partial charge >= 0.3 is 0 Å². The fourth-order valence-electron chi connectivity index (χ4n) is 3.21. The number of likely N-dealkylation sites (tertiary alicyclic amines) is 1. The van der Waals surface area contributed by atoms with Crippen molar-refractivity contribution in [3.8, 4) is 5.69 Å². The van der Waals surface area contributed by atoms with Crippen molar-refractivity contribution in [3.63, 3.8) is 0 Å². The Morgan fingerprint density at radius 2 is 1.95 bits per heavy atom. The lowest BCUT2D eigenvalue weighted by Gasteiger charge is -2.24. The molecule has 20 heavy (non-hydrogen) atoms. The second-order valence-corrected chi connectivity index (χ2v) is 5.95. The number of hydrogen-bond donors (Lipinski definition) is 1. The van der Waals surface area contributed by atoms with Gasteiger partial charge in [0.05, 0.1) is 11.4 Å². The number of para-hydroxylation sites is 1. The van der Waals surface area contributed by atoms with Crippen LogP contribution in [0.25, 0.3) is 5.69 Å². The van der Waals surface area contributed by atoms with Gasteiger partial charge in [0.2, 0.25) is 0 Å². The Balaban J connectivity index is 1.67. The van der Waals surface area contributed by atoms with E-state index in [4.69, 9.17) is 0 Å². The van der Waals surface area contributed by atoms with Crippen molar-refractivity contribution in [3.05, 3.63) is 48.3 Å². The van der Waals surface area contributed by atoms with Crippen LogP contribution in [-0.4, -0.2) is 38.9 Å². The Bertz CT molecular complexity index is 605. The number of hydrogen-bond acceptors (Lipinski definition) is 3. The lowest BCUT2D eigenvalue weighted by atomic mass is 9.98. The van der Waals surface area contributed by atoms with Crippen molar-refractivity contribution < 1.29 is 5.11 Å².